The summed E-state index contributed by atoms with van der Waals surface area (Å²) in [6, 6.07) is -0.328. The maximum Gasteiger partial charge on any atom is 0.307 e. The molecule has 0 aliphatic heterocycles. The summed E-state index contributed by atoms with van der Waals surface area (Å²) in [6.07, 6.45) is 5.51. The third kappa shape index (κ3) is 22.5. The van der Waals surface area contributed by atoms with Gasteiger partial charge in [0.05, 0.1) is 26.1 Å². The van der Waals surface area contributed by atoms with Gasteiger partial charge in [0.15, 0.2) is 0 Å². The Kier molecular flexibility index (Phi) is 26.5. The summed E-state index contributed by atoms with van der Waals surface area (Å²) < 4.78 is 14.2. The molecule has 0 saturated carbocycles. The van der Waals surface area contributed by atoms with E-state index in [9.17, 15) is 9.59 Å². The smallest absolute Gasteiger partial charge is 0.307 e. The number of nitrogens with two attached hydrogens (primary N) is 1. The fraction of sp³-hybridized carbons (Fsp3) is 0.778. The highest BCUT2D eigenvalue weighted by atomic mass is 16.5. The van der Waals surface area contributed by atoms with E-state index in [1.807, 2.05) is 6.92 Å². The molecule has 0 rings (SSSR count). The fourth-order valence-electron chi connectivity index (χ4n) is 1.69. The van der Waals surface area contributed by atoms with E-state index in [-0.39, 0.29) is 38.3 Å². The van der Waals surface area contributed by atoms with Crippen molar-refractivity contribution in [2.24, 2.45) is 5.73 Å². The van der Waals surface area contributed by atoms with Gasteiger partial charge >= 0.3 is 5.97 Å². The van der Waals surface area contributed by atoms with Gasteiger partial charge < -0.3 is 30.6 Å². The topological polar surface area (TPSA) is 112 Å². The second-order valence-electron chi connectivity index (χ2n) is 5.14. The highest BCUT2D eigenvalue weighted by molar-refractivity contribution is 5.79. The van der Waals surface area contributed by atoms with Crippen molar-refractivity contribution in [3.8, 4) is 0 Å². The van der Waals surface area contributed by atoms with Crippen molar-refractivity contribution in [3.63, 3.8) is 0 Å². The summed E-state index contributed by atoms with van der Waals surface area (Å²) in [4.78, 5) is 22.8. The maximum absolute atomic E-state index is 11.6. The Morgan fingerprint density at radius 2 is 1.73 bits per heavy atom. The zero-order valence-electron chi connectivity index (χ0n) is 16.0. The number of allylic oxidation sites excluding steroid dienone is 1. The first-order valence-electron chi connectivity index (χ1n) is 8.43. The lowest BCUT2D eigenvalue weighted by Crippen LogP contribution is -2.41. The van der Waals surface area contributed by atoms with Gasteiger partial charge in [0, 0.05) is 27.4 Å². The van der Waals surface area contributed by atoms with E-state index in [0.717, 1.165) is 26.0 Å². The van der Waals surface area contributed by atoms with Gasteiger partial charge in [0.1, 0.15) is 0 Å². The molecule has 26 heavy (non-hydrogen) atoms. The van der Waals surface area contributed by atoms with Crippen LogP contribution in [0.5, 0.6) is 0 Å². The molecule has 0 aliphatic carbocycles. The molecule has 156 valence electrons. The molecule has 8 nitrogen and oxygen atoms in total. The molecule has 0 aliphatic rings. The zero-order valence-corrected chi connectivity index (χ0v) is 16.0. The van der Waals surface area contributed by atoms with Crippen LogP contribution in [0.25, 0.3) is 0 Å². The molecule has 0 spiro atoms. The van der Waals surface area contributed by atoms with E-state index in [2.05, 4.69) is 15.4 Å². The monoisotopic (exact) mass is 377 g/mol. The predicted octanol–water partition coefficient (Wildman–Crippen LogP) is 0.854. The third-order valence-electron chi connectivity index (χ3n) is 2.93. The minimum absolute atomic E-state index is 0. The predicted molar refractivity (Wildman–Crippen MR) is 105 cm³/mol. The van der Waals surface area contributed by atoms with Crippen molar-refractivity contribution in [1.29, 1.82) is 0 Å². The number of esters is 1. The van der Waals surface area contributed by atoms with E-state index < -0.39 is 0 Å². The van der Waals surface area contributed by atoms with Crippen LogP contribution in [0.15, 0.2) is 12.2 Å². The van der Waals surface area contributed by atoms with Gasteiger partial charge in [-0.05, 0) is 32.9 Å². The Bertz CT molecular complexity index is 348. The summed E-state index contributed by atoms with van der Waals surface area (Å²) >= 11 is 0. The largest absolute Gasteiger partial charge is 0.469 e. The SMILES string of the molecule is C.C/C=C/[C@H](CC(=O)OC)NC(=O)CNCCCOC.COCCCN. The number of carbonyl (C=O) groups excluding carboxylic acids is 2. The lowest BCUT2D eigenvalue weighted by Gasteiger charge is -2.14. The van der Waals surface area contributed by atoms with E-state index in [4.69, 9.17) is 15.2 Å². The average molecular weight is 378 g/mol. The molecule has 0 saturated heterocycles. The second-order valence-corrected chi connectivity index (χ2v) is 5.14. The number of amides is 1. The molecule has 0 aromatic rings. The number of methoxy groups -OCH3 is 3. The van der Waals surface area contributed by atoms with Crippen LogP contribution in [-0.2, 0) is 23.8 Å². The second kappa shape index (κ2) is 23.5. The Morgan fingerprint density at radius 1 is 1.12 bits per heavy atom. The molecule has 0 fully saturated rings. The van der Waals surface area contributed by atoms with Gasteiger partial charge in [-0.2, -0.15) is 0 Å². The van der Waals surface area contributed by atoms with Gasteiger partial charge in [-0.3, -0.25) is 9.59 Å². The van der Waals surface area contributed by atoms with E-state index in [1.54, 1.807) is 26.4 Å². The Balaban J connectivity index is -0.000000649. The highest BCUT2D eigenvalue weighted by Gasteiger charge is 2.13. The summed E-state index contributed by atoms with van der Waals surface area (Å²) in [6.45, 7) is 4.95. The van der Waals surface area contributed by atoms with Crippen molar-refractivity contribution >= 4 is 11.9 Å². The molecule has 0 aromatic heterocycles. The Labute approximate surface area is 158 Å². The number of nitrogens with one attached hydrogen (secondary N) is 2. The lowest BCUT2D eigenvalue weighted by atomic mass is 10.2. The quantitative estimate of drug-likeness (QED) is 0.248. The molecule has 8 heteroatoms. The van der Waals surface area contributed by atoms with Crippen molar-refractivity contribution < 1.29 is 23.8 Å². The molecule has 1 atom stereocenters. The number of carbonyl (C=O) groups is 2. The number of rotatable bonds is 13. The molecule has 0 aromatic carbocycles. The fourth-order valence-corrected chi connectivity index (χ4v) is 1.69. The first kappa shape index (κ1) is 29.3. The highest BCUT2D eigenvalue weighted by Crippen LogP contribution is 1.96. The van der Waals surface area contributed by atoms with Crippen LogP contribution in [0.2, 0.25) is 0 Å². The van der Waals surface area contributed by atoms with E-state index >= 15 is 0 Å². The molecule has 0 heterocycles. The number of ether oxygens (including phenoxy) is 3. The zero-order chi connectivity index (χ0) is 19.3. The molecular weight excluding hydrogens is 338 g/mol. The van der Waals surface area contributed by atoms with Gasteiger partial charge in [-0.25, -0.2) is 0 Å². The maximum atomic E-state index is 11.6. The molecule has 0 radical (unpaired) electrons. The van der Waals surface area contributed by atoms with Crippen LogP contribution in [0.4, 0.5) is 0 Å². The van der Waals surface area contributed by atoms with Gasteiger partial charge in [-0.15, -0.1) is 0 Å². The Hall–Kier alpha value is -1.48. The first-order valence-corrected chi connectivity index (χ1v) is 8.43. The van der Waals surface area contributed by atoms with Crippen LogP contribution >= 0.6 is 0 Å². The van der Waals surface area contributed by atoms with Crippen molar-refractivity contribution in [2.75, 3.05) is 54.2 Å². The van der Waals surface area contributed by atoms with Crippen LogP contribution in [0.1, 0.15) is 33.6 Å². The molecule has 1 amide bonds. The van der Waals surface area contributed by atoms with Gasteiger partial charge in [0.25, 0.3) is 0 Å². The van der Waals surface area contributed by atoms with Gasteiger partial charge in [0.2, 0.25) is 5.91 Å². The molecule has 0 unspecified atom stereocenters. The van der Waals surface area contributed by atoms with Gasteiger partial charge in [-0.1, -0.05) is 19.6 Å². The summed E-state index contributed by atoms with van der Waals surface area (Å²) in [5.41, 5.74) is 5.13. The van der Waals surface area contributed by atoms with Crippen LogP contribution in [0.3, 0.4) is 0 Å². The van der Waals surface area contributed by atoms with Crippen molar-refractivity contribution in [1.82, 2.24) is 10.6 Å². The van der Waals surface area contributed by atoms with Crippen LogP contribution in [0, 0.1) is 0 Å². The van der Waals surface area contributed by atoms with Crippen LogP contribution < -0.4 is 16.4 Å². The average Bonchev–Trinajstić information content (AvgIpc) is 2.60. The van der Waals surface area contributed by atoms with E-state index in [1.165, 1.54) is 7.11 Å². The standard InChI is InChI=1S/C13H24N2O4.C4H11NO.CH4/c1-4-6-11(9-13(17)19-3)15-12(16)10-14-7-5-8-18-2;1-6-4-2-3-5;/h4,6,11,14H,5,7-10H2,1-3H3,(H,15,16);2-5H2,1H3;1H4/b6-4+;;/t11-;;/m1../s1. The van der Waals surface area contributed by atoms with Crippen molar-refractivity contribution in [3.05, 3.63) is 12.2 Å². The Morgan fingerprint density at radius 3 is 2.19 bits per heavy atom. The summed E-state index contributed by atoms with van der Waals surface area (Å²) in [5.74, 6) is -0.499. The first-order chi connectivity index (χ1) is 12.0. The number of hydrogen-bond acceptors (Lipinski definition) is 7. The normalized spacial score (nSPS) is 11.1. The minimum Gasteiger partial charge on any atom is -0.469 e. The third-order valence-corrected chi connectivity index (χ3v) is 2.93. The van der Waals surface area contributed by atoms with Crippen molar-refractivity contribution in [2.45, 2.75) is 39.7 Å². The van der Waals surface area contributed by atoms with Crippen LogP contribution in [-0.4, -0.2) is 72.1 Å². The molecule has 0 bridgehead atoms. The van der Waals surface area contributed by atoms with E-state index in [0.29, 0.717) is 13.2 Å². The lowest BCUT2D eigenvalue weighted by molar-refractivity contribution is -0.141. The summed E-state index contributed by atoms with van der Waals surface area (Å²) in [7, 11) is 4.64. The molecule has 4 N–H and O–H groups in total. The minimum atomic E-state index is -0.351. The number of hydrogen-bond donors (Lipinski definition) is 3. The molecular formula is C18H39N3O5. The summed E-state index contributed by atoms with van der Waals surface area (Å²) in [5, 5.41) is 5.76.